The van der Waals surface area contributed by atoms with Gasteiger partial charge in [0.15, 0.2) is 0 Å². The second-order valence-electron chi connectivity index (χ2n) is 2.88. The van der Waals surface area contributed by atoms with E-state index in [9.17, 15) is 0 Å². The molecule has 0 fully saturated rings. The minimum absolute atomic E-state index is 0.523. The predicted molar refractivity (Wildman–Crippen MR) is 56.4 cm³/mol. The number of anilines is 1. The molecule has 4 heteroatoms. The van der Waals surface area contributed by atoms with Crippen LogP contribution in [-0.4, -0.2) is 9.97 Å². The van der Waals surface area contributed by atoms with Crippen molar-refractivity contribution < 1.29 is 0 Å². The van der Waals surface area contributed by atoms with Crippen LogP contribution in [0.4, 0.5) is 5.82 Å². The molecule has 3 nitrogen and oxygen atoms in total. The standard InChI is InChI=1S/C9H8BrN3/c1-5-2-6(10)3-7-8(5)12-4-13-9(7)11/h2-4H,1H3,(H2,11,12,13). The molecule has 66 valence electrons. The second kappa shape index (κ2) is 2.96. The number of nitrogens with two attached hydrogens (primary N) is 1. The minimum atomic E-state index is 0.523. The van der Waals surface area contributed by atoms with Crippen molar-refractivity contribution in [1.82, 2.24) is 9.97 Å². The van der Waals surface area contributed by atoms with Crippen LogP contribution >= 0.6 is 15.9 Å². The van der Waals surface area contributed by atoms with Crippen LogP contribution < -0.4 is 5.73 Å². The van der Waals surface area contributed by atoms with Crippen molar-refractivity contribution in [3.63, 3.8) is 0 Å². The number of aromatic nitrogens is 2. The van der Waals surface area contributed by atoms with Gasteiger partial charge in [-0.3, -0.25) is 0 Å². The monoisotopic (exact) mass is 237 g/mol. The molecular weight excluding hydrogens is 230 g/mol. The van der Waals surface area contributed by atoms with E-state index < -0.39 is 0 Å². The fraction of sp³-hybridized carbons (Fsp3) is 0.111. The Hall–Kier alpha value is -1.16. The highest BCUT2D eigenvalue weighted by Crippen LogP contribution is 2.24. The summed E-state index contributed by atoms with van der Waals surface area (Å²) in [4.78, 5) is 8.11. The van der Waals surface area contributed by atoms with Crippen LogP contribution in [0.1, 0.15) is 5.56 Å². The first-order valence-electron chi connectivity index (χ1n) is 3.85. The Morgan fingerprint density at radius 3 is 2.85 bits per heavy atom. The molecule has 0 saturated heterocycles. The smallest absolute Gasteiger partial charge is 0.134 e. The number of benzene rings is 1. The molecule has 0 atom stereocenters. The van der Waals surface area contributed by atoms with Gasteiger partial charge in [-0.15, -0.1) is 0 Å². The molecule has 0 radical (unpaired) electrons. The number of fused-ring (bicyclic) bond motifs is 1. The maximum Gasteiger partial charge on any atom is 0.134 e. The lowest BCUT2D eigenvalue weighted by molar-refractivity contribution is 1.22. The summed E-state index contributed by atoms with van der Waals surface area (Å²) >= 11 is 3.41. The van der Waals surface area contributed by atoms with Crippen molar-refractivity contribution in [1.29, 1.82) is 0 Å². The molecule has 13 heavy (non-hydrogen) atoms. The molecule has 0 bridgehead atoms. The third kappa shape index (κ3) is 1.37. The van der Waals surface area contributed by atoms with Gasteiger partial charge in [-0.05, 0) is 24.6 Å². The Morgan fingerprint density at radius 1 is 1.31 bits per heavy atom. The van der Waals surface area contributed by atoms with Crippen LogP contribution in [0.25, 0.3) is 10.9 Å². The summed E-state index contributed by atoms with van der Waals surface area (Å²) in [7, 11) is 0. The molecule has 1 aromatic heterocycles. The first kappa shape index (κ1) is 8.44. The number of nitrogen functional groups attached to an aromatic ring is 1. The van der Waals surface area contributed by atoms with Crippen molar-refractivity contribution >= 4 is 32.7 Å². The van der Waals surface area contributed by atoms with E-state index in [0.717, 1.165) is 20.9 Å². The Bertz CT molecular complexity index is 468. The van der Waals surface area contributed by atoms with Gasteiger partial charge in [0.1, 0.15) is 12.1 Å². The highest BCUT2D eigenvalue weighted by Gasteiger charge is 2.03. The van der Waals surface area contributed by atoms with Gasteiger partial charge in [0.2, 0.25) is 0 Å². The third-order valence-corrected chi connectivity index (χ3v) is 2.38. The van der Waals surface area contributed by atoms with Crippen LogP contribution in [0, 0.1) is 6.92 Å². The van der Waals surface area contributed by atoms with E-state index in [2.05, 4.69) is 25.9 Å². The van der Waals surface area contributed by atoms with Crippen molar-refractivity contribution in [2.45, 2.75) is 6.92 Å². The van der Waals surface area contributed by atoms with Gasteiger partial charge < -0.3 is 5.73 Å². The van der Waals surface area contributed by atoms with Gasteiger partial charge in [0.25, 0.3) is 0 Å². The Labute approximate surface area is 84.1 Å². The SMILES string of the molecule is Cc1cc(Br)cc2c(N)ncnc12. The summed E-state index contributed by atoms with van der Waals surface area (Å²) in [6, 6.07) is 3.94. The molecule has 0 unspecified atom stereocenters. The van der Waals surface area contributed by atoms with E-state index in [-0.39, 0.29) is 0 Å². The van der Waals surface area contributed by atoms with E-state index in [4.69, 9.17) is 5.73 Å². The molecule has 2 rings (SSSR count). The van der Waals surface area contributed by atoms with Crippen LogP contribution in [0.3, 0.4) is 0 Å². The molecule has 0 spiro atoms. The maximum atomic E-state index is 5.72. The van der Waals surface area contributed by atoms with Gasteiger partial charge in [0, 0.05) is 9.86 Å². The average molecular weight is 238 g/mol. The van der Waals surface area contributed by atoms with Crippen LogP contribution in [0.5, 0.6) is 0 Å². The molecule has 0 amide bonds. The fourth-order valence-corrected chi connectivity index (χ4v) is 1.89. The molecular formula is C9H8BrN3. The summed E-state index contributed by atoms with van der Waals surface area (Å²) in [6.07, 6.45) is 1.48. The zero-order chi connectivity index (χ0) is 9.42. The Balaban J connectivity index is 2.94. The number of rotatable bonds is 0. The topological polar surface area (TPSA) is 51.8 Å². The van der Waals surface area contributed by atoms with Crippen LogP contribution in [0.15, 0.2) is 22.9 Å². The van der Waals surface area contributed by atoms with Gasteiger partial charge in [-0.2, -0.15) is 0 Å². The minimum Gasteiger partial charge on any atom is -0.383 e. The normalized spacial score (nSPS) is 10.6. The summed E-state index contributed by atoms with van der Waals surface area (Å²) in [5.41, 5.74) is 7.73. The lowest BCUT2D eigenvalue weighted by Gasteiger charge is -2.03. The largest absolute Gasteiger partial charge is 0.383 e. The number of halogens is 1. The summed E-state index contributed by atoms with van der Waals surface area (Å²) in [5, 5.41) is 0.898. The van der Waals surface area contributed by atoms with E-state index in [0.29, 0.717) is 5.82 Å². The first-order valence-corrected chi connectivity index (χ1v) is 4.64. The molecule has 1 heterocycles. The highest BCUT2D eigenvalue weighted by atomic mass is 79.9. The van der Waals surface area contributed by atoms with Crippen molar-refractivity contribution in [2.75, 3.05) is 5.73 Å². The lowest BCUT2D eigenvalue weighted by atomic mass is 10.1. The van der Waals surface area contributed by atoms with Gasteiger partial charge in [0.05, 0.1) is 5.52 Å². The van der Waals surface area contributed by atoms with Crippen LogP contribution in [-0.2, 0) is 0 Å². The number of hydrogen-bond donors (Lipinski definition) is 1. The predicted octanol–water partition coefficient (Wildman–Crippen LogP) is 2.28. The zero-order valence-corrected chi connectivity index (χ0v) is 8.67. The van der Waals surface area contributed by atoms with E-state index in [1.54, 1.807) is 0 Å². The number of nitrogens with zero attached hydrogens (tertiary/aromatic N) is 2. The lowest BCUT2D eigenvalue weighted by Crippen LogP contribution is -1.94. The van der Waals surface area contributed by atoms with Crippen LogP contribution in [0.2, 0.25) is 0 Å². The Kier molecular flexibility index (Phi) is 1.92. The Morgan fingerprint density at radius 2 is 2.08 bits per heavy atom. The molecule has 1 aromatic carbocycles. The van der Waals surface area contributed by atoms with Crippen molar-refractivity contribution in [3.05, 3.63) is 28.5 Å². The molecule has 2 N–H and O–H groups in total. The summed E-state index contributed by atoms with van der Waals surface area (Å²) in [6.45, 7) is 2.00. The first-order chi connectivity index (χ1) is 6.18. The number of hydrogen-bond acceptors (Lipinski definition) is 3. The van der Waals surface area contributed by atoms with E-state index in [1.807, 2.05) is 19.1 Å². The maximum absolute atomic E-state index is 5.72. The fourth-order valence-electron chi connectivity index (χ4n) is 1.32. The average Bonchev–Trinajstić information content (AvgIpc) is 2.07. The highest BCUT2D eigenvalue weighted by molar-refractivity contribution is 9.10. The van der Waals surface area contributed by atoms with E-state index in [1.165, 1.54) is 6.33 Å². The molecule has 0 saturated carbocycles. The van der Waals surface area contributed by atoms with Crippen molar-refractivity contribution in [3.8, 4) is 0 Å². The second-order valence-corrected chi connectivity index (χ2v) is 3.79. The molecule has 0 aliphatic carbocycles. The third-order valence-electron chi connectivity index (χ3n) is 1.92. The zero-order valence-electron chi connectivity index (χ0n) is 7.08. The summed E-state index contributed by atoms with van der Waals surface area (Å²) < 4.78 is 0.999. The van der Waals surface area contributed by atoms with Gasteiger partial charge in [-0.1, -0.05) is 15.9 Å². The van der Waals surface area contributed by atoms with E-state index >= 15 is 0 Å². The summed E-state index contributed by atoms with van der Waals surface area (Å²) in [5.74, 6) is 0.523. The van der Waals surface area contributed by atoms with Gasteiger partial charge in [-0.25, -0.2) is 9.97 Å². The van der Waals surface area contributed by atoms with Gasteiger partial charge >= 0.3 is 0 Å². The molecule has 0 aliphatic heterocycles. The van der Waals surface area contributed by atoms with Crippen molar-refractivity contribution in [2.24, 2.45) is 0 Å². The molecule has 0 aliphatic rings. The number of aryl methyl sites for hydroxylation is 1. The molecule has 2 aromatic rings. The quantitative estimate of drug-likeness (QED) is 0.765.